The number of rotatable bonds is 6. The molecule has 0 saturated carbocycles. The summed E-state index contributed by atoms with van der Waals surface area (Å²) in [4.78, 5) is 51.7. The molecule has 1 aliphatic rings. The van der Waals surface area contributed by atoms with Crippen LogP contribution < -0.4 is 15.5 Å². The zero-order valence-electron chi connectivity index (χ0n) is 21.5. The molecule has 0 atom stereocenters. The normalized spacial score (nSPS) is 14.2. The van der Waals surface area contributed by atoms with E-state index in [-0.39, 0.29) is 17.8 Å². The molecular weight excluding hydrogens is 486 g/mol. The molecule has 4 rings (SSSR count). The Hall–Kier alpha value is -4.92. The van der Waals surface area contributed by atoms with Crippen LogP contribution in [-0.2, 0) is 30.5 Å². The quantitative estimate of drug-likeness (QED) is 0.221. The zero-order chi connectivity index (χ0) is 27.4. The van der Waals surface area contributed by atoms with E-state index in [0.717, 1.165) is 11.1 Å². The second-order valence-electron chi connectivity index (χ2n) is 8.72. The number of carbonyl (C=O) groups is 4. The van der Waals surface area contributed by atoms with Crippen LogP contribution in [0.2, 0.25) is 0 Å². The molecule has 0 bridgehead atoms. The number of esters is 1. The number of amides is 2. The lowest BCUT2D eigenvalue weighted by atomic mass is 10.1. The number of anilines is 2. The lowest BCUT2D eigenvalue weighted by Gasteiger charge is -2.22. The summed E-state index contributed by atoms with van der Waals surface area (Å²) in [6.07, 6.45) is 1.53. The first-order valence-electron chi connectivity index (χ1n) is 11.9. The van der Waals surface area contributed by atoms with Crippen LogP contribution >= 0.6 is 0 Å². The average molecular weight is 514 g/mol. The highest BCUT2D eigenvalue weighted by Gasteiger charge is 2.38. The van der Waals surface area contributed by atoms with Crippen LogP contribution in [0.5, 0.6) is 0 Å². The minimum atomic E-state index is -0.820. The Bertz CT molecular complexity index is 1480. The Labute approximate surface area is 219 Å². The zero-order valence-corrected chi connectivity index (χ0v) is 21.5. The van der Waals surface area contributed by atoms with Gasteiger partial charge in [-0.3, -0.25) is 14.4 Å². The van der Waals surface area contributed by atoms with Gasteiger partial charge in [0.1, 0.15) is 17.1 Å². The first kappa shape index (κ1) is 26.2. The molecular formula is C29H27N3O6. The molecule has 0 unspecified atom stereocenters. The largest absolute Gasteiger partial charge is 0.465 e. The maximum atomic E-state index is 13.3. The number of benzene rings is 2. The van der Waals surface area contributed by atoms with Gasteiger partial charge in [-0.2, -0.15) is 0 Å². The van der Waals surface area contributed by atoms with Crippen LogP contribution in [0.4, 0.5) is 11.4 Å². The molecule has 2 amide bonds. The number of ketones is 1. The standard InChI is InChI=1S/C29H27N3O6/c1-17-10-11-21(14-18(17)2)32-19(3)25(29(36)37-4)26(33)24(32)15-22-12-13-23(38-22)16-30-27(34)28(35)31-20-8-6-5-7-9-20/h5-15H,16H2,1-4H3,(H,30,34)(H,31,35)/b24-15+. The molecule has 1 aliphatic heterocycles. The van der Waals surface area contributed by atoms with Crippen molar-refractivity contribution in [3.8, 4) is 0 Å². The first-order valence-corrected chi connectivity index (χ1v) is 11.9. The van der Waals surface area contributed by atoms with E-state index in [0.29, 0.717) is 28.6 Å². The highest BCUT2D eigenvalue weighted by molar-refractivity contribution is 6.39. The number of allylic oxidation sites excluding steroid dienone is 2. The predicted molar refractivity (Wildman–Crippen MR) is 142 cm³/mol. The number of ether oxygens (including phenoxy) is 1. The monoisotopic (exact) mass is 513 g/mol. The summed E-state index contributed by atoms with van der Waals surface area (Å²) in [5, 5.41) is 5.01. The average Bonchev–Trinajstić information content (AvgIpc) is 3.45. The van der Waals surface area contributed by atoms with Crippen molar-refractivity contribution < 1.29 is 28.3 Å². The SMILES string of the molecule is COC(=O)C1=C(C)N(c2ccc(C)c(C)c2)/C(=C/c2ccc(CNC(=O)C(=O)Nc3ccccc3)o2)C1=O. The molecule has 0 spiro atoms. The third kappa shape index (κ3) is 5.41. The minimum absolute atomic E-state index is 0.0380. The summed E-state index contributed by atoms with van der Waals surface area (Å²) in [7, 11) is 1.23. The van der Waals surface area contributed by atoms with Crippen LogP contribution in [0.15, 0.2) is 82.0 Å². The highest BCUT2D eigenvalue weighted by Crippen LogP contribution is 2.36. The van der Waals surface area contributed by atoms with Crippen molar-refractivity contribution in [1.82, 2.24) is 5.32 Å². The number of Topliss-reactive ketones (excluding diaryl/α,β-unsaturated/α-hetero) is 1. The van der Waals surface area contributed by atoms with Gasteiger partial charge in [-0.25, -0.2) is 4.79 Å². The van der Waals surface area contributed by atoms with E-state index >= 15 is 0 Å². The summed E-state index contributed by atoms with van der Waals surface area (Å²) in [6, 6.07) is 17.6. The van der Waals surface area contributed by atoms with Gasteiger partial charge in [0.2, 0.25) is 5.78 Å². The molecule has 38 heavy (non-hydrogen) atoms. The third-order valence-electron chi connectivity index (χ3n) is 6.16. The molecule has 2 aromatic carbocycles. The van der Waals surface area contributed by atoms with Crippen molar-refractivity contribution >= 4 is 41.0 Å². The van der Waals surface area contributed by atoms with Gasteiger partial charge >= 0.3 is 17.8 Å². The molecule has 0 fully saturated rings. The van der Waals surface area contributed by atoms with Gasteiger partial charge in [-0.05, 0) is 68.3 Å². The van der Waals surface area contributed by atoms with Gasteiger partial charge in [0.05, 0.1) is 19.4 Å². The minimum Gasteiger partial charge on any atom is -0.465 e. The Morgan fingerprint density at radius 1 is 0.947 bits per heavy atom. The third-order valence-corrected chi connectivity index (χ3v) is 6.16. The highest BCUT2D eigenvalue weighted by atomic mass is 16.5. The number of hydrogen-bond acceptors (Lipinski definition) is 7. The maximum absolute atomic E-state index is 13.3. The molecule has 194 valence electrons. The van der Waals surface area contributed by atoms with Crippen LogP contribution in [0.25, 0.3) is 6.08 Å². The van der Waals surface area contributed by atoms with Crippen molar-refractivity contribution in [3.63, 3.8) is 0 Å². The fourth-order valence-corrected chi connectivity index (χ4v) is 4.02. The maximum Gasteiger partial charge on any atom is 0.343 e. The smallest absolute Gasteiger partial charge is 0.343 e. The molecule has 9 nitrogen and oxygen atoms in total. The van der Waals surface area contributed by atoms with E-state index in [1.165, 1.54) is 13.2 Å². The van der Waals surface area contributed by atoms with Crippen LogP contribution in [0.3, 0.4) is 0 Å². The number of para-hydroxylation sites is 1. The number of nitrogens with zero attached hydrogens (tertiary/aromatic N) is 1. The Morgan fingerprint density at radius 2 is 1.68 bits per heavy atom. The number of methoxy groups -OCH3 is 1. The number of aryl methyl sites for hydroxylation is 2. The Kier molecular flexibility index (Phi) is 7.57. The topological polar surface area (TPSA) is 118 Å². The summed E-state index contributed by atoms with van der Waals surface area (Å²) in [6.45, 7) is 5.60. The number of nitrogens with one attached hydrogen (secondary N) is 2. The van der Waals surface area contributed by atoms with Crippen molar-refractivity contribution in [3.05, 3.63) is 100 Å². The fraction of sp³-hybridized carbons (Fsp3) is 0.172. The predicted octanol–water partition coefficient (Wildman–Crippen LogP) is 4.03. The lowest BCUT2D eigenvalue weighted by Crippen LogP contribution is -2.34. The van der Waals surface area contributed by atoms with Crippen molar-refractivity contribution in [2.45, 2.75) is 27.3 Å². The second kappa shape index (κ2) is 11.0. The van der Waals surface area contributed by atoms with E-state index in [9.17, 15) is 19.2 Å². The van der Waals surface area contributed by atoms with Gasteiger partial charge in [0.25, 0.3) is 0 Å². The number of carbonyl (C=O) groups excluding carboxylic acids is 4. The van der Waals surface area contributed by atoms with Crippen molar-refractivity contribution in [2.24, 2.45) is 0 Å². The van der Waals surface area contributed by atoms with Gasteiger partial charge in [-0.15, -0.1) is 0 Å². The molecule has 0 radical (unpaired) electrons. The van der Waals surface area contributed by atoms with E-state index < -0.39 is 23.6 Å². The molecule has 3 aromatic rings. The first-order chi connectivity index (χ1) is 18.2. The summed E-state index contributed by atoms with van der Waals surface area (Å²) in [5.41, 5.74) is 3.95. The van der Waals surface area contributed by atoms with E-state index in [2.05, 4.69) is 10.6 Å². The van der Waals surface area contributed by atoms with Crippen molar-refractivity contribution in [1.29, 1.82) is 0 Å². The van der Waals surface area contributed by atoms with Gasteiger partial charge in [-0.1, -0.05) is 24.3 Å². The van der Waals surface area contributed by atoms with Gasteiger partial charge in [0.15, 0.2) is 0 Å². The van der Waals surface area contributed by atoms with Gasteiger partial charge < -0.3 is 24.7 Å². The molecule has 0 aliphatic carbocycles. The molecule has 9 heteroatoms. The molecule has 1 aromatic heterocycles. The lowest BCUT2D eigenvalue weighted by molar-refractivity contribution is -0.137. The molecule has 2 heterocycles. The van der Waals surface area contributed by atoms with Crippen molar-refractivity contribution in [2.75, 3.05) is 17.3 Å². The number of furan rings is 1. The van der Waals surface area contributed by atoms with Crippen LogP contribution in [-0.4, -0.2) is 30.7 Å². The van der Waals surface area contributed by atoms with E-state index in [4.69, 9.17) is 9.15 Å². The number of hydrogen-bond donors (Lipinski definition) is 2. The van der Waals surface area contributed by atoms with E-state index in [1.54, 1.807) is 54.3 Å². The van der Waals surface area contributed by atoms with Gasteiger partial charge in [0, 0.05) is 23.1 Å². The fourth-order valence-electron chi connectivity index (χ4n) is 4.02. The van der Waals surface area contributed by atoms with E-state index in [1.807, 2.05) is 32.0 Å². The molecule has 0 saturated heterocycles. The summed E-state index contributed by atoms with van der Waals surface area (Å²) >= 11 is 0. The summed E-state index contributed by atoms with van der Waals surface area (Å²) in [5.74, 6) is -2.13. The van der Waals surface area contributed by atoms with Crippen LogP contribution in [0, 0.1) is 13.8 Å². The summed E-state index contributed by atoms with van der Waals surface area (Å²) < 4.78 is 10.6. The second-order valence-corrected chi connectivity index (χ2v) is 8.72. The molecule has 2 N–H and O–H groups in total. The Balaban J connectivity index is 1.54. The van der Waals surface area contributed by atoms with Crippen LogP contribution in [0.1, 0.15) is 29.6 Å². The Morgan fingerprint density at radius 3 is 2.37 bits per heavy atom.